The van der Waals surface area contributed by atoms with Gasteiger partial charge in [-0.05, 0) is 24.3 Å². The highest BCUT2D eigenvalue weighted by molar-refractivity contribution is 5.92. The van der Waals surface area contributed by atoms with Gasteiger partial charge in [-0.2, -0.15) is 10.2 Å². The van der Waals surface area contributed by atoms with Crippen LogP contribution in [0, 0.1) is 18.3 Å². The van der Waals surface area contributed by atoms with Crippen LogP contribution in [0.5, 0.6) is 0 Å². The number of nitrogens with one attached hydrogen (secondary N) is 1. The molecular formula is C12H10N4O2. The number of anilines is 1. The topological polar surface area (TPSA) is 91.8 Å². The van der Waals surface area contributed by atoms with Crippen molar-refractivity contribution < 1.29 is 9.32 Å². The number of nitrogens with zero attached hydrogens (tertiary/aromatic N) is 3. The number of benzene rings is 1. The van der Waals surface area contributed by atoms with Gasteiger partial charge in [-0.15, -0.1) is 0 Å². The van der Waals surface area contributed by atoms with Gasteiger partial charge in [-0.25, -0.2) is 0 Å². The van der Waals surface area contributed by atoms with Crippen LogP contribution in [0.2, 0.25) is 0 Å². The largest absolute Gasteiger partial charge is 0.339 e. The van der Waals surface area contributed by atoms with Crippen LogP contribution in [-0.2, 0) is 4.79 Å². The Morgan fingerprint density at radius 2 is 2.17 bits per heavy atom. The quantitative estimate of drug-likeness (QED) is 0.887. The third-order valence-corrected chi connectivity index (χ3v) is 2.19. The third kappa shape index (κ3) is 2.71. The van der Waals surface area contributed by atoms with E-state index in [0.717, 1.165) is 5.56 Å². The second-order valence-corrected chi connectivity index (χ2v) is 3.60. The van der Waals surface area contributed by atoms with E-state index in [9.17, 15) is 4.79 Å². The maximum absolute atomic E-state index is 11.2. The molecule has 0 unspecified atom stereocenters. The van der Waals surface area contributed by atoms with Crippen molar-refractivity contribution in [2.45, 2.75) is 13.3 Å². The summed E-state index contributed by atoms with van der Waals surface area (Å²) in [6.45, 7) is 1.72. The lowest BCUT2D eigenvalue weighted by atomic mass is 10.2. The fourth-order valence-electron chi connectivity index (χ4n) is 1.40. The maximum atomic E-state index is 11.2. The van der Waals surface area contributed by atoms with Gasteiger partial charge in [0.2, 0.25) is 17.6 Å². The lowest BCUT2D eigenvalue weighted by Crippen LogP contribution is -2.09. The van der Waals surface area contributed by atoms with Crippen molar-refractivity contribution in [3.8, 4) is 17.5 Å². The molecule has 0 radical (unpaired) electrons. The van der Waals surface area contributed by atoms with E-state index < -0.39 is 0 Å². The van der Waals surface area contributed by atoms with Gasteiger partial charge < -0.3 is 9.84 Å². The predicted molar refractivity (Wildman–Crippen MR) is 63.3 cm³/mol. The molecule has 0 aliphatic carbocycles. The number of rotatable bonds is 3. The number of aryl methyl sites for hydroxylation is 1. The van der Waals surface area contributed by atoms with E-state index >= 15 is 0 Å². The van der Waals surface area contributed by atoms with E-state index in [4.69, 9.17) is 9.78 Å². The van der Waals surface area contributed by atoms with E-state index in [1.54, 1.807) is 37.3 Å². The van der Waals surface area contributed by atoms with Gasteiger partial charge in [0.1, 0.15) is 6.42 Å². The molecule has 0 fully saturated rings. The van der Waals surface area contributed by atoms with Crippen LogP contribution < -0.4 is 5.32 Å². The van der Waals surface area contributed by atoms with Crippen LogP contribution in [0.15, 0.2) is 28.8 Å². The Bertz CT molecular complexity index is 595. The average molecular weight is 242 g/mol. The lowest BCUT2D eigenvalue weighted by Gasteiger charge is -2.02. The van der Waals surface area contributed by atoms with Gasteiger partial charge in [0.15, 0.2) is 0 Å². The monoisotopic (exact) mass is 242 g/mol. The molecular weight excluding hydrogens is 232 g/mol. The molecule has 0 aliphatic heterocycles. The van der Waals surface area contributed by atoms with Gasteiger partial charge in [0.05, 0.1) is 6.07 Å². The molecule has 1 aromatic heterocycles. The van der Waals surface area contributed by atoms with Crippen LogP contribution in [-0.4, -0.2) is 16.0 Å². The summed E-state index contributed by atoms with van der Waals surface area (Å²) >= 11 is 0. The Kier molecular flexibility index (Phi) is 3.34. The summed E-state index contributed by atoms with van der Waals surface area (Å²) in [7, 11) is 0. The SMILES string of the molecule is Cc1nc(-c2ccc(NC(=O)CC#N)cc2)no1. The Labute approximate surface area is 103 Å². The van der Waals surface area contributed by atoms with Crippen molar-refractivity contribution in [1.82, 2.24) is 10.1 Å². The zero-order chi connectivity index (χ0) is 13.0. The van der Waals surface area contributed by atoms with Gasteiger partial charge in [-0.3, -0.25) is 4.79 Å². The molecule has 0 saturated carbocycles. The van der Waals surface area contributed by atoms with Crippen molar-refractivity contribution >= 4 is 11.6 Å². The first-order valence-corrected chi connectivity index (χ1v) is 5.26. The number of amides is 1. The van der Waals surface area contributed by atoms with E-state index in [1.165, 1.54) is 0 Å². The fourth-order valence-corrected chi connectivity index (χ4v) is 1.40. The molecule has 0 spiro atoms. The molecule has 2 aromatic rings. The summed E-state index contributed by atoms with van der Waals surface area (Å²) in [6.07, 6.45) is -0.161. The molecule has 90 valence electrons. The van der Waals surface area contributed by atoms with Crippen LogP contribution in [0.1, 0.15) is 12.3 Å². The van der Waals surface area contributed by atoms with Gasteiger partial charge in [0.25, 0.3) is 0 Å². The van der Waals surface area contributed by atoms with E-state index in [1.807, 2.05) is 0 Å². The van der Waals surface area contributed by atoms with E-state index in [-0.39, 0.29) is 12.3 Å². The number of hydrogen-bond acceptors (Lipinski definition) is 5. The van der Waals surface area contributed by atoms with Crippen LogP contribution >= 0.6 is 0 Å². The van der Waals surface area contributed by atoms with Crippen molar-refractivity contribution in [1.29, 1.82) is 5.26 Å². The second kappa shape index (κ2) is 5.10. The molecule has 1 N–H and O–H groups in total. The highest BCUT2D eigenvalue weighted by Crippen LogP contribution is 2.18. The summed E-state index contributed by atoms with van der Waals surface area (Å²) in [5.74, 6) is 0.666. The standard InChI is InChI=1S/C12H10N4O2/c1-8-14-12(16-18-8)9-2-4-10(5-3-9)15-11(17)6-7-13/h2-5H,6H2,1H3,(H,15,17). The summed E-state index contributed by atoms with van der Waals surface area (Å²) in [4.78, 5) is 15.3. The predicted octanol–water partition coefficient (Wildman–Crippen LogP) is 1.90. The summed E-state index contributed by atoms with van der Waals surface area (Å²) < 4.78 is 4.88. The Hall–Kier alpha value is -2.68. The van der Waals surface area contributed by atoms with Crippen molar-refractivity contribution in [2.75, 3.05) is 5.32 Å². The first-order chi connectivity index (χ1) is 8.69. The average Bonchev–Trinajstić information content (AvgIpc) is 2.77. The molecule has 0 bridgehead atoms. The second-order valence-electron chi connectivity index (χ2n) is 3.60. The molecule has 6 heteroatoms. The maximum Gasteiger partial charge on any atom is 0.238 e. The molecule has 18 heavy (non-hydrogen) atoms. The molecule has 2 rings (SSSR count). The molecule has 0 atom stereocenters. The van der Waals surface area contributed by atoms with Crippen LogP contribution in [0.4, 0.5) is 5.69 Å². The van der Waals surface area contributed by atoms with Gasteiger partial charge in [0, 0.05) is 18.2 Å². The zero-order valence-electron chi connectivity index (χ0n) is 9.67. The molecule has 0 aliphatic rings. The minimum Gasteiger partial charge on any atom is -0.339 e. The summed E-state index contributed by atoms with van der Waals surface area (Å²) in [5, 5.41) is 14.8. The summed E-state index contributed by atoms with van der Waals surface area (Å²) in [5.41, 5.74) is 1.42. The van der Waals surface area contributed by atoms with Crippen molar-refractivity contribution in [2.24, 2.45) is 0 Å². The number of nitriles is 1. The fraction of sp³-hybridized carbons (Fsp3) is 0.167. The minimum absolute atomic E-state index is 0.161. The Balaban J connectivity index is 2.11. The van der Waals surface area contributed by atoms with Crippen molar-refractivity contribution in [3.05, 3.63) is 30.2 Å². The van der Waals surface area contributed by atoms with Crippen LogP contribution in [0.25, 0.3) is 11.4 Å². The number of hydrogen-bond donors (Lipinski definition) is 1. The van der Waals surface area contributed by atoms with Crippen LogP contribution in [0.3, 0.4) is 0 Å². The van der Waals surface area contributed by atoms with Gasteiger partial charge in [-0.1, -0.05) is 5.16 Å². The van der Waals surface area contributed by atoms with E-state index in [2.05, 4.69) is 15.5 Å². The highest BCUT2D eigenvalue weighted by Gasteiger charge is 2.06. The number of carbonyl (C=O) groups is 1. The molecule has 1 amide bonds. The number of carbonyl (C=O) groups excluding carboxylic acids is 1. The molecule has 0 saturated heterocycles. The Morgan fingerprint density at radius 1 is 1.44 bits per heavy atom. The van der Waals surface area contributed by atoms with E-state index in [0.29, 0.717) is 17.4 Å². The highest BCUT2D eigenvalue weighted by atomic mass is 16.5. The molecule has 1 heterocycles. The first kappa shape index (κ1) is 11.8. The molecule has 1 aromatic carbocycles. The normalized spacial score (nSPS) is 9.78. The molecule has 6 nitrogen and oxygen atoms in total. The Morgan fingerprint density at radius 3 is 2.72 bits per heavy atom. The van der Waals surface area contributed by atoms with Crippen molar-refractivity contribution in [3.63, 3.8) is 0 Å². The smallest absolute Gasteiger partial charge is 0.238 e. The lowest BCUT2D eigenvalue weighted by molar-refractivity contribution is -0.115. The summed E-state index contributed by atoms with van der Waals surface area (Å²) in [6, 6.07) is 8.76. The first-order valence-electron chi connectivity index (χ1n) is 5.26. The number of aromatic nitrogens is 2. The van der Waals surface area contributed by atoms with Gasteiger partial charge >= 0.3 is 0 Å². The third-order valence-electron chi connectivity index (χ3n) is 2.19. The minimum atomic E-state index is -0.333. The zero-order valence-corrected chi connectivity index (χ0v) is 9.67.